The lowest BCUT2D eigenvalue weighted by Gasteiger charge is -2.05. The molecule has 2 rings (SSSR count). The number of hydrogen-bond acceptors (Lipinski definition) is 4. The van der Waals surface area contributed by atoms with Crippen molar-refractivity contribution in [1.29, 1.82) is 5.26 Å². The van der Waals surface area contributed by atoms with Gasteiger partial charge in [0.1, 0.15) is 11.8 Å². The van der Waals surface area contributed by atoms with Crippen LogP contribution in [0.1, 0.15) is 12.1 Å². The van der Waals surface area contributed by atoms with Gasteiger partial charge in [-0.25, -0.2) is 4.98 Å². The Bertz CT molecular complexity index is 481. The van der Waals surface area contributed by atoms with Gasteiger partial charge in [0.15, 0.2) is 0 Å². The molecule has 0 saturated heterocycles. The molecule has 0 fully saturated rings. The minimum Gasteiger partial charge on any atom is -0.384 e. The van der Waals surface area contributed by atoms with Crippen LogP contribution in [0.2, 0.25) is 0 Å². The minimum absolute atomic E-state index is 0.437. The van der Waals surface area contributed by atoms with Crippen LogP contribution in [0, 0.1) is 11.3 Å². The summed E-state index contributed by atoms with van der Waals surface area (Å²) in [7, 11) is 0. The lowest BCUT2D eigenvalue weighted by molar-refractivity contribution is 0.592. The summed E-state index contributed by atoms with van der Waals surface area (Å²) in [6.07, 6.45) is 6.38. The monoisotopic (exact) mass is 227 g/mol. The van der Waals surface area contributed by atoms with Crippen LogP contribution in [0.15, 0.2) is 36.8 Å². The second-order valence-electron chi connectivity index (χ2n) is 3.59. The van der Waals surface area contributed by atoms with Crippen molar-refractivity contribution in [2.45, 2.75) is 13.0 Å². The maximum Gasteiger partial charge on any atom is 0.140 e. The topological polar surface area (TPSA) is 66.5 Å². The number of anilines is 1. The first kappa shape index (κ1) is 11.1. The maximum absolute atomic E-state index is 8.61. The van der Waals surface area contributed by atoms with Gasteiger partial charge in [-0.15, -0.1) is 0 Å². The van der Waals surface area contributed by atoms with Crippen LogP contribution in [-0.2, 0) is 6.54 Å². The molecule has 0 aliphatic carbocycles. The summed E-state index contributed by atoms with van der Waals surface area (Å²) in [6, 6.07) is 7.47. The Labute approximate surface area is 99.7 Å². The van der Waals surface area contributed by atoms with E-state index in [-0.39, 0.29) is 0 Å². The second kappa shape index (κ2) is 5.66. The van der Waals surface area contributed by atoms with E-state index in [9.17, 15) is 0 Å². The summed E-state index contributed by atoms with van der Waals surface area (Å²) in [6.45, 7) is 1.75. The summed E-state index contributed by atoms with van der Waals surface area (Å²) in [5.74, 6) is 0. The number of hydrogen-bond donors (Lipinski definition) is 1. The molecule has 2 aromatic rings. The van der Waals surface area contributed by atoms with Crippen LogP contribution in [0.5, 0.6) is 0 Å². The molecule has 2 heterocycles. The van der Waals surface area contributed by atoms with Crippen molar-refractivity contribution < 1.29 is 0 Å². The van der Waals surface area contributed by atoms with E-state index in [0.29, 0.717) is 5.69 Å². The molecule has 0 aromatic carbocycles. The van der Waals surface area contributed by atoms with Gasteiger partial charge in [0, 0.05) is 25.5 Å². The van der Waals surface area contributed by atoms with Crippen molar-refractivity contribution in [3.8, 4) is 6.07 Å². The highest BCUT2D eigenvalue weighted by Crippen LogP contribution is 2.05. The van der Waals surface area contributed by atoms with Gasteiger partial charge in [-0.05, 0) is 24.6 Å². The summed E-state index contributed by atoms with van der Waals surface area (Å²) in [5.41, 5.74) is 1.37. The Morgan fingerprint density at radius 1 is 1.41 bits per heavy atom. The Kier molecular flexibility index (Phi) is 3.71. The number of nitrogens with zero attached hydrogens (tertiary/aromatic N) is 4. The Morgan fingerprint density at radius 2 is 2.35 bits per heavy atom. The zero-order valence-corrected chi connectivity index (χ0v) is 9.37. The van der Waals surface area contributed by atoms with E-state index in [0.717, 1.165) is 25.2 Å². The van der Waals surface area contributed by atoms with Crippen LogP contribution >= 0.6 is 0 Å². The molecule has 0 saturated carbocycles. The quantitative estimate of drug-likeness (QED) is 0.789. The molecule has 5 nitrogen and oxygen atoms in total. The summed E-state index contributed by atoms with van der Waals surface area (Å²) < 4.78 is 1.90. The third-order valence-electron chi connectivity index (χ3n) is 2.33. The smallest absolute Gasteiger partial charge is 0.140 e. The fraction of sp³-hybridized carbons (Fsp3) is 0.250. The van der Waals surface area contributed by atoms with Gasteiger partial charge in [0.2, 0.25) is 0 Å². The number of pyridine rings is 1. The predicted molar refractivity (Wildman–Crippen MR) is 64.3 cm³/mol. The number of nitriles is 1. The normalized spacial score (nSPS) is 9.82. The number of rotatable bonds is 5. The largest absolute Gasteiger partial charge is 0.384 e. The molecule has 86 valence electrons. The van der Waals surface area contributed by atoms with Gasteiger partial charge >= 0.3 is 0 Å². The first-order valence-electron chi connectivity index (χ1n) is 5.46. The van der Waals surface area contributed by atoms with Crippen molar-refractivity contribution in [2.24, 2.45) is 0 Å². The molecule has 0 spiro atoms. The third-order valence-corrected chi connectivity index (χ3v) is 2.33. The maximum atomic E-state index is 8.61. The van der Waals surface area contributed by atoms with Gasteiger partial charge in [0.25, 0.3) is 0 Å². The first-order valence-corrected chi connectivity index (χ1v) is 5.46. The van der Waals surface area contributed by atoms with Crippen LogP contribution < -0.4 is 5.32 Å². The SMILES string of the molecule is N#Cc1ccc(NCCCn2cccn2)cn1. The van der Waals surface area contributed by atoms with Crippen molar-refractivity contribution in [2.75, 3.05) is 11.9 Å². The molecule has 0 aliphatic heterocycles. The zero-order valence-electron chi connectivity index (χ0n) is 9.37. The third kappa shape index (κ3) is 3.31. The first-order chi connectivity index (χ1) is 8.38. The minimum atomic E-state index is 0.437. The fourth-order valence-electron chi connectivity index (χ4n) is 1.47. The Hall–Kier alpha value is -2.35. The van der Waals surface area contributed by atoms with Crippen molar-refractivity contribution >= 4 is 5.69 Å². The highest BCUT2D eigenvalue weighted by atomic mass is 15.3. The zero-order chi connectivity index (χ0) is 11.9. The van der Waals surface area contributed by atoms with Crippen LogP contribution in [-0.4, -0.2) is 21.3 Å². The van der Waals surface area contributed by atoms with E-state index in [4.69, 9.17) is 5.26 Å². The standard InChI is InChI=1S/C12H13N5/c13-9-11-3-4-12(10-15-11)14-5-1-7-17-8-2-6-16-17/h2-4,6,8,10,14H,1,5,7H2. The molecule has 0 aliphatic rings. The Balaban J connectivity index is 1.73. The van der Waals surface area contributed by atoms with Gasteiger partial charge in [-0.2, -0.15) is 10.4 Å². The van der Waals surface area contributed by atoms with Crippen molar-refractivity contribution in [3.05, 3.63) is 42.5 Å². The molecule has 2 aromatic heterocycles. The van der Waals surface area contributed by atoms with Gasteiger partial charge in [0.05, 0.1) is 11.9 Å². The second-order valence-corrected chi connectivity index (χ2v) is 3.59. The molecule has 1 N–H and O–H groups in total. The van der Waals surface area contributed by atoms with Crippen LogP contribution in [0.4, 0.5) is 5.69 Å². The summed E-state index contributed by atoms with van der Waals surface area (Å²) in [5, 5.41) is 16.0. The van der Waals surface area contributed by atoms with E-state index < -0.39 is 0 Å². The molecule has 0 amide bonds. The summed E-state index contributed by atoms with van der Waals surface area (Å²) >= 11 is 0. The average molecular weight is 227 g/mol. The van der Waals surface area contributed by atoms with E-state index >= 15 is 0 Å². The molecular formula is C12H13N5. The van der Waals surface area contributed by atoms with Gasteiger partial charge in [-0.1, -0.05) is 0 Å². The van der Waals surface area contributed by atoms with Gasteiger partial charge in [-0.3, -0.25) is 4.68 Å². The summed E-state index contributed by atoms with van der Waals surface area (Å²) in [4.78, 5) is 3.98. The molecule has 0 atom stereocenters. The van der Waals surface area contributed by atoms with Crippen molar-refractivity contribution in [1.82, 2.24) is 14.8 Å². The molecule has 5 heteroatoms. The van der Waals surface area contributed by atoms with E-state index in [1.165, 1.54) is 0 Å². The molecule has 17 heavy (non-hydrogen) atoms. The number of nitrogens with one attached hydrogen (secondary N) is 1. The average Bonchev–Trinajstić information content (AvgIpc) is 2.88. The lowest BCUT2D eigenvalue weighted by atomic mass is 10.3. The lowest BCUT2D eigenvalue weighted by Crippen LogP contribution is -2.07. The van der Waals surface area contributed by atoms with Crippen LogP contribution in [0.3, 0.4) is 0 Å². The number of aromatic nitrogens is 3. The van der Waals surface area contributed by atoms with E-state index in [2.05, 4.69) is 15.4 Å². The Morgan fingerprint density at radius 3 is 3.00 bits per heavy atom. The van der Waals surface area contributed by atoms with E-state index in [1.807, 2.05) is 29.1 Å². The molecule has 0 unspecified atom stereocenters. The highest BCUT2D eigenvalue weighted by molar-refractivity contribution is 5.42. The number of aryl methyl sites for hydroxylation is 1. The van der Waals surface area contributed by atoms with Crippen LogP contribution in [0.25, 0.3) is 0 Å². The van der Waals surface area contributed by atoms with Gasteiger partial charge < -0.3 is 5.32 Å². The molecule has 0 radical (unpaired) electrons. The van der Waals surface area contributed by atoms with Crippen molar-refractivity contribution in [3.63, 3.8) is 0 Å². The molecular weight excluding hydrogens is 214 g/mol. The fourth-order valence-corrected chi connectivity index (χ4v) is 1.47. The molecule has 0 bridgehead atoms. The van der Waals surface area contributed by atoms with E-state index in [1.54, 1.807) is 18.5 Å². The predicted octanol–water partition coefficient (Wildman–Crippen LogP) is 1.65. The highest BCUT2D eigenvalue weighted by Gasteiger charge is 1.95.